The van der Waals surface area contributed by atoms with E-state index in [1.807, 2.05) is 24.3 Å². The van der Waals surface area contributed by atoms with Crippen molar-refractivity contribution < 1.29 is 23.1 Å². The largest absolute Gasteiger partial charge is 0.496 e. The van der Waals surface area contributed by atoms with E-state index in [9.17, 15) is 18.4 Å². The highest BCUT2D eigenvalue weighted by Gasteiger charge is 2.16. The van der Waals surface area contributed by atoms with Gasteiger partial charge in [0, 0.05) is 19.5 Å². The number of benzene rings is 2. The van der Waals surface area contributed by atoms with Gasteiger partial charge in [0.1, 0.15) is 17.4 Å². The molecule has 0 unspecified atom stereocenters. The summed E-state index contributed by atoms with van der Waals surface area (Å²) in [6.45, 7) is 1.42. The minimum absolute atomic E-state index is 0.135. The number of para-hydroxylation sites is 1. The van der Waals surface area contributed by atoms with Gasteiger partial charge in [0.25, 0.3) is 0 Å². The standard InChI is InChI=1S/C19H20F2N2O3/c1-13(24)23(10-9-14-5-3-4-6-18(14)26-2)12-19(25)22-17-8-7-15(20)11-16(17)21/h3-8,11H,9-10,12H2,1-2H3,(H,22,25). The normalized spacial score (nSPS) is 10.3. The van der Waals surface area contributed by atoms with Crippen molar-refractivity contribution in [2.24, 2.45) is 0 Å². The van der Waals surface area contributed by atoms with Gasteiger partial charge in [0.2, 0.25) is 11.8 Å². The Morgan fingerprint density at radius 3 is 2.54 bits per heavy atom. The van der Waals surface area contributed by atoms with Crippen LogP contribution in [0.4, 0.5) is 14.5 Å². The first-order valence-corrected chi connectivity index (χ1v) is 8.03. The summed E-state index contributed by atoms with van der Waals surface area (Å²) in [5.41, 5.74) is 0.774. The van der Waals surface area contributed by atoms with E-state index in [2.05, 4.69) is 5.32 Å². The van der Waals surface area contributed by atoms with Crippen LogP contribution in [-0.2, 0) is 16.0 Å². The van der Waals surface area contributed by atoms with Crippen LogP contribution in [0.15, 0.2) is 42.5 Å². The van der Waals surface area contributed by atoms with E-state index in [0.717, 1.165) is 17.7 Å². The Kier molecular flexibility index (Phi) is 6.66. The van der Waals surface area contributed by atoms with Crippen LogP contribution >= 0.6 is 0 Å². The molecule has 0 saturated carbocycles. The van der Waals surface area contributed by atoms with Gasteiger partial charge in [0.05, 0.1) is 19.3 Å². The van der Waals surface area contributed by atoms with Crippen molar-refractivity contribution in [2.45, 2.75) is 13.3 Å². The number of nitrogens with one attached hydrogen (secondary N) is 1. The van der Waals surface area contributed by atoms with Gasteiger partial charge in [-0.25, -0.2) is 8.78 Å². The highest BCUT2D eigenvalue weighted by molar-refractivity contribution is 5.94. The third-order valence-electron chi connectivity index (χ3n) is 3.83. The van der Waals surface area contributed by atoms with E-state index in [4.69, 9.17) is 4.74 Å². The van der Waals surface area contributed by atoms with E-state index < -0.39 is 17.5 Å². The van der Waals surface area contributed by atoms with Crippen molar-refractivity contribution in [1.82, 2.24) is 4.90 Å². The van der Waals surface area contributed by atoms with Crippen molar-refractivity contribution in [3.8, 4) is 5.75 Å². The predicted octanol–water partition coefficient (Wildman–Crippen LogP) is 3.00. The Hall–Kier alpha value is -2.96. The Morgan fingerprint density at radius 1 is 1.15 bits per heavy atom. The van der Waals surface area contributed by atoms with Crippen molar-refractivity contribution in [3.63, 3.8) is 0 Å². The average Bonchev–Trinajstić information content (AvgIpc) is 2.61. The molecule has 0 aliphatic rings. The zero-order chi connectivity index (χ0) is 19.1. The topological polar surface area (TPSA) is 58.6 Å². The summed E-state index contributed by atoms with van der Waals surface area (Å²) in [5, 5.41) is 2.34. The maximum atomic E-state index is 13.6. The summed E-state index contributed by atoms with van der Waals surface area (Å²) in [4.78, 5) is 25.3. The molecular weight excluding hydrogens is 342 g/mol. The minimum atomic E-state index is -0.873. The van der Waals surface area contributed by atoms with Crippen LogP contribution in [0, 0.1) is 11.6 Å². The molecule has 0 aliphatic heterocycles. The first-order valence-electron chi connectivity index (χ1n) is 8.03. The Labute approximate surface area is 150 Å². The van der Waals surface area contributed by atoms with Gasteiger partial charge in [-0.3, -0.25) is 9.59 Å². The van der Waals surface area contributed by atoms with Crippen LogP contribution in [0.5, 0.6) is 5.75 Å². The van der Waals surface area contributed by atoms with Crippen LogP contribution in [0.1, 0.15) is 12.5 Å². The number of halogens is 2. The molecule has 0 heterocycles. The zero-order valence-electron chi connectivity index (χ0n) is 14.6. The number of hydrogen-bond donors (Lipinski definition) is 1. The summed E-state index contributed by atoms with van der Waals surface area (Å²) in [6, 6.07) is 10.3. The van der Waals surface area contributed by atoms with Crippen molar-refractivity contribution in [3.05, 3.63) is 59.7 Å². The molecular formula is C19H20F2N2O3. The highest BCUT2D eigenvalue weighted by atomic mass is 19.1. The smallest absolute Gasteiger partial charge is 0.244 e. The van der Waals surface area contributed by atoms with Gasteiger partial charge in [-0.1, -0.05) is 18.2 Å². The number of methoxy groups -OCH3 is 1. The molecule has 2 rings (SSSR count). The maximum absolute atomic E-state index is 13.6. The molecule has 2 aromatic carbocycles. The molecule has 26 heavy (non-hydrogen) atoms. The molecule has 138 valence electrons. The number of nitrogens with zero attached hydrogens (tertiary/aromatic N) is 1. The van der Waals surface area contributed by atoms with Gasteiger partial charge >= 0.3 is 0 Å². The van der Waals surface area contributed by atoms with E-state index in [0.29, 0.717) is 24.8 Å². The number of hydrogen-bond acceptors (Lipinski definition) is 3. The molecule has 2 aromatic rings. The summed E-state index contributed by atoms with van der Waals surface area (Å²) in [7, 11) is 1.56. The molecule has 0 atom stereocenters. The molecule has 0 bridgehead atoms. The van der Waals surface area contributed by atoms with Gasteiger partial charge in [-0.2, -0.15) is 0 Å². The first kappa shape index (κ1) is 19.4. The van der Waals surface area contributed by atoms with E-state index >= 15 is 0 Å². The molecule has 0 radical (unpaired) electrons. The van der Waals surface area contributed by atoms with Gasteiger partial charge in [0.15, 0.2) is 0 Å². The fraction of sp³-hybridized carbons (Fsp3) is 0.263. The van der Waals surface area contributed by atoms with Crippen LogP contribution in [0.25, 0.3) is 0 Å². The Balaban J connectivity index is 1.99. The van der Waals surface area contributed by atoms with E-state index in [1.165, 1.54) is 11.8 Å². The number of amides is 2. The highest BCUT2D eigenvalue weighted by Crippen LogP contribution is 2.18. The van der Waals surface area contributed by atoms with Gasteiger partial charge < -0.3 is 15.0 Å². The second-order valence-corrected chi connectivity index (χ2v) is 5.67. The van der Waals surface area contributed by atoms with Gasteiger partial charge in [-0.15, -0.1) is 0 Å². The zero-order valence-corrected chi connectivity index (χ0v) is 14.6. The summed E-state index contributed by atoms with van der Waals surface area (Å²) < 4.78 is 31.8. The van der Waals surface area contributed by atoms with Crippen molar-refractivity contribution in [2.75, 3.05) is 25.5 Å². The van der Waals surface area contributed by atoms with Crippen LogP contribution in [-0.4, -0.2) is 36.9 Å². The SMILES string of the molecule is COc1ccccc1CCN(CC(=O)Nc1ccc(F)cc1F)C(C)=O. The van der Waals surface area contributed by atoms with Crippen LogP contribution in [0.3, 0.4) is 0 Å². The summed E-state index contributed by atoms with van der Waals surface area (Å²) >= 11 is 0. The van der Waals surface area contributed by atoms with E-state index in [1.54, 1.807) is 7.11 Å². The number of carbonyl (C=O) groups is 2. The quantitative estimate of drug-likeness (QED) is 0.824. The lowest BCUT2D eigenvalue weighted by molar-refractivity contribution is -0.132. The Bertz CT molecular complexity index is 796. The van der Waals surface area contributed by atoms with Crippen LogP contribution in [0.2, 0.25) is 0 Å². The monoisotopic (exact) mass is 362 g/mol. The molecule has 0 aliphatic carbocycles. The fourth-order valence-corrected chi connectivity index (χ4v) is 2.47. The Morgan fingerprint density at radius 2 is 1.88 bits per heavy atom. The molecule has 0 spiro atoms. The van der Waals surface area contributed by atoms with Gasteiger partial charge in [-0.05, 0) is 30.2 Å². The molecule has 0 fully saturated rings. The number of carbonyl (C=O) groups excluding carboxylic acids is 2. The average molecular weight is 362 g/mol. The number of ether oxygens (including phenoxy) is 1. The fourth-order valence-electron chi connectivity index (χ4n) is 2.47. The molecule has 7 heteroatoms. The molecule has 0 saturated heterocycles. The third kappa shape index (κ3) is 5.27. The lowest BCUT2D eigenvalue weighted by atomic mass is 10.1. The molecule has 2 amide bonds. The summed E-state index contributed by atoms with van der Waals surface area (Å²) in [5.74, 6) is -1.75. The molecule has 5 nitrogen and oxygen atoms in total. The second-order valence-electron chi connectivity index (χ2n) is 5.67. The van der Waals surface area contributed by atoms with Crippen molar-refractivity contribution >= 4 is 17.5 Å². The third-order valence-corrected chi connectivity index (χ3v) is 3.83. The van der Waals surface area contributed by atoms with E-state index in [-0.39, 0.29) is 18.1 Å². The lowest BCUT2D eigenvalue weighted by Crippen LogP contribution is -2.38. The van der Waals surface area contributed by atoms with Crippen LogP contribution < -0.4 is 10.1 Å². The lowest BCUT2D eigenvalue weighted by Gasteiger charge is -2.21. The molecule has 0 aromatic heterocycles. The summed E-state index contributed by atoms with van der Waals surface area (Å²) in [6.07, 6.45) is 0.502. The maximum Gasteiger partial charge on any atom is 0.244 e. The predicted molar refractivity (Wildman–Crippen MR) is 93.9 cm³/mol. The number of rotatable bonds is 7. The minimum Gasteiger partial charge on any atom is -0.496 e. The van der Waals surface area contributed by atoms with Crippen molar-refractivity contribution in [1.29, 1.82) is 0 Å². The number of anilines is 1. The first-order chi connectivity index (χ1) is 12.4. The molecule has 1 N–H and O–H groups in total. The second kappa shape index (κ2) is 8.94.